The van der Waals surface area contributed by atoms with Crippen LogP contribution in [0.15, 0.2) is 66.9 Å². The molecule has 0 saturated carbocycles. The zero-order valence-corrected chi connectivity index (χ0v) is 30.5. The van der Waals surface area contributed by atoms with Crippen molar-refractivity contribution in [1.29, 1.82) is 0 Å². The lowest BCUT2D eigenvalue weighted by atomic mass is 9.87. The quantitative estimate of drug-likeness (QED) is 0.166. The van der Waals surface area contributed by atoms with Crippen molar-refractivity contribution in [1.82, 2.24) is 30.1 Å². The van der Waals surface area contributed by atoms with Gasteiger partial charge in [-0.1, -0.05) is 30.3 Å². The van der Waals surface area contributed by atoms with Gasteiger partial charge in [0.1, 0.15) is 29.3 Å². The van der Waals surface area contributed by atoms with Crippen molar-refractivity contribution in [2.75, 3.05) is 18.4 Å². The van der Waals surface area contributed by atoms with E-state index in [0.717, 1.165) is 48.0 Å². The van der Waals surface area contributed by atoms with Gasteiger partial charge in [-0.3, -0.25) is 29.6 Å². The number of nitrogens with zero attached hydrogens (tertiary/aromatic N) is 5. The van der Waals surface area contributed by atoms with Crippen molar-refractivity contribution in [3.05, 3.63) is 118 Å². The summed E-state index contributed by atoms with van der Waals surface area (Å²) in [6.07, 6.45) is 4.02. The Kier molecular flexibility index (Phi) is 9.39. The topological polar surface area (TPSA) is 120 Å². The van der Waals surface area contributed by atoms with Crippen LogP contribution in [-0.2, 0) is 22.7 Å². The average molecular weight is 730 g/mol. The van der Waals surface area contributed by atoms with Crippen LogP contribution in [0.25, 0.3) is 22.2 Å². The number of piperidine rings is 2. The summed E-state index contributed by atoms with van der Waals surface area (Å²) >= 11 is 0. The van der Waals surface area contributed by atoms with E-state index >= 15 is 4.39 Å². The van der Waals surface area contributed by atoms with E-state index < -0.39 is 11.9 Å². The minimum atomic E-state index is -0.636. The number of nitrogens with one attached hydrogen (secondary N) is 2. The number of pyridine rings is 1. The second-order valence-corrected chi connectivity index (χ2v) is 14.7. The molecule has 2 aromatic heterocycles. The van der Waals surface area contributed by atoms with Gasteiger partial charge in [0, 0.05) is 47.2 Å². The van der Waals surface area contributed by atoms with E-state index in [2.05, 4.69) is 36.6 Å². The molecule has 0 bridgehead atoms. The Bertz CT molecular complexity index is 2320. The Balaban J connectivity index is 0.949. The zero-order chi connectivity index (χ0) is 37.7. The summed E-state index contributed by atoms with van der Waals surface area (Å²) < 4.78 is 30.3. The van der Waals surface area contributed by atoms with Gasteiger partial charge >= 0.3 is 0 Å². The standard InChI is InChI=1S/C42H41F2N7O3/c1-23-5-4-6-31(39(23)44)24(2)46-40-33-19-35(45-20-36(33)47-25(3)48-40)28-8-10-34(43)30(18-28)21-50-15-13-26(14-16-50)27-7-9-32-29(17-27)22-51(42(32)54)37-11-12-38(52)49-41(37)53/h4-10,17-20,24,26,37H,11-16,21-22H2,1-3H3,(H,46,47,48)(H,49,52,53)/t24-,37?/m1/s1. The normalized spacial score (nSPS) is 18.6. The largest absolute Gasteiger partial charge is 0.363 e. The predicted octanol–water partition coefficient (Wildman–Crippen LogP) is 6.90. The fourth-order valence-corrected chi connectivity index (χ4v) is 8.07. The Morgan fingerprint density at radius 2 is 1.78 bits per heavy atom. The third-order valence-corrected chi connectivity index (χ3v) is 11.1. The molecule has 0 radical (unpaired) electrons. The lowest BCUT2D eigenvalue weighted by Gasteiger charge is -2.32. The van der Waals surface area contributed by atoms with Gasteiger partial charge in [0.15, 0.2) is 0 Å². The molecule has 3 aliphatic heterocycles. The Labute approximate surface area is 312 Å². The van der Waals surface area contributed by atoms with Crippen LogP contribution in [0.3, 0.4) is 0 Å². The third-order valence-electron chi connectivity index (χ3n) is 11.1. The molecular weight excluding hydrogens is 689 g/mol. The van der Waals surface area contributed by atoms with E-state index in [0.29, 0.717) is 70.5 Å². The Hall–Kier alpha value is -5.62. The molecular formula is C42H41F2N7O3. The number of fused-ring (bicyclic) bond motifs is 2. The highest BCUT2D eigenvalue weighted by molar-refractivity contribution is 6.05. The Morgan fingerprint density at radius 1 is 0.963 bits per heavy atom. The summed E-state index contributed by atoms with van der Waals surface area (Å²) in [5.41, 5.74) is 6.45. The number of aromatic nitrogens is 3. The van der Waals surface area contributed by atoms with Gasteiger partial charge in [0.05, 0.1) is 23.4 Å². The van der Waals surface area contributed by atoms with E-state index in [-0.39, 0.29) is 35.9 Å². The van der Waals surface area contributed by atoms with E-state index in [9.17, 15) is 18.8 Å². The maximum atomic E-state index is 15.3. The van der Waals surface area contributed by atoms with Crippen LogP contribution in [0, 0.1) is 25.5 Å². The molecule has 276 valence electrons. The highest BCUT2D eigenvalue weighted by Gasteiger charge is 2.39. The number of hydrogen-bond donors (Lipinski definition) is 2. The van der Waals surface area contributed by atoms with Gasteiger partial charge in [-0.05, 0) is 106 Å². The molecule has 3 aliphatic rings. The fourth-order valence-electron chi connectivity index (χ4n) is 8.07. The molecule has 10 nitrogen and oxygen atoms in total. The second kappa shape index (κ2) is 14.3. The molecule has 5 aromatic rings. The van der Waals surface area contributed by atoms with Gasteiger partial charge in [-0.15, -0.1) is 0 Å². The van der Waals surface area contributed by atoms with Gasteiger partial charge in [-0.2, -0.15) is 0 Å². The molecule has 2 N–H and O–H groups in total. The second-order valence-electron chi connectivity index (χ2n) is 14.7. The highest BCUT2D eigenvalue weighted by atomic mass is 19.1. The zero-order valence-electron chi connectivity index (χ0n) is 30.5. The minimum absolute atomic E-state index is 0.172. The van der Waals surface area contributed by atoms with Gasteiger partial charge in [-0.25, -0.2) is 18.7 Å². The summed E-state index contributed by atoms with van der Waals surface area (Å²) in [6, 6.07) is 17.3. The van der Waals surface area contributed by atoms with Crippen molar-refractivity contribution in [2.45, 2.75) is 77.5 Å². The van der Waals surface area contributed by atoms with Crippen LogP contribution >= 0.6 is 0 Å². The first kappa shape index (κ1) is 35.4. The maximum absolute atomic E-state index is 15.3. The number of benzene rings is 3. The molecule has 0 spiro atoms. The first-order valence-corrected chi connectivity index (χ1v) is 18.5. The molecule has 2 saturated heterocycles. The molecule has 0 aliphatic carbocycles. The molecule has 3 aromatic carbocycles. The summed E-state index contributed by atoms with van der Waals surface area (Å²) in [7, 11) is 0. The van der Waals surface area contributed by atoms with Crippen LogP contribution < -0.4 is 10.6 Å². The molecule has 2 atom stereocenters. The number of rotatable bonds is 8. The van der Waals surface area contributed by atoms with Crippen LogP contribution in [0.2, 0.25) is 0 Å². The van der Waals surface area contributed by atoms with Gasteiger partial charge < -0.3 is 10.2 Å². The molecule has 3 amide bonds. The lowest BCUT2D eigenvalue weighted by Crippen LogP contribution is -2.52. The van der Waals surface area contributed by atoms with E-state index in [1.54, 1.807) is 43.1 Å². The number of carbonyl (C=O) groups is 3. The number of anilines is 1. The molecule has 5 heterocycles. The Morgan fingerprint density at radius 3 is 2.57 bits per heavy atom. The van der Waals surface area contributed by atoms with Crippen LogP contribution in [0.5, 0.6) is 0 Å². The number of halogens is 2. The summed E-state index contributed by atoms with van der Waals surface area (Å²) in [5, 5.41) is 6.47. The number of carbonyl (C=O) groups excluding carboxylic acids is 3. The summed E-state index contributed by atoms with van der Waals surface area (Å²) in [6.45, 7) is 7.82. The predicted molar refractivity (Wildman–Crippen MR) is 200 cm³/mol. The number of hydrogen-bond acceptors (Lipinski definition) is 8. The summed E-state index contributed by atoms with van der Waals surface area (Å²) in [4.78, 5) is 55.0. The highest BCUT2D eigenvalue weighted by Crippen LogP contribution is 2.35. The van der Waals surface area contributed by atoms with Gasteiger partial charge in [0.25, 0.3) is 5.91 Å². The number of amides is 3. The first-order valence-electron chi connectivity index (χ1n) is 18.5. The van der Waals surface area contributed by atoms with Crippen LogP contribution in [0.1, 0.15) is 88.6 Å². The third kappa shape index (κ3) is 6.82. The average Bonchev–Trinajstić information content (AvgIpc) is 3.48. The van der Waals surface area contributed by atoms with E-state index in [1.807, 2.05) is 37.3 Å². The molecule has 54 heavy (non-hydrogen) atoms. The van der Waals surface area contributed by atoms with Crippen molar-refractivity contribution < 1.29 is 23.2 Å². The summed E-state index contributed by atoms with van der Waals surface area (Å²) in [5.74, 6) is 0.0127. The van der Waals surface area contributed by atoms with E-state index in [4.69, 9.17) is 0 Å². The van der Waals surface area contributed by atoms with E-state index in [1.165, 1.54) is 6.07 Å². The number of likely N-dealkylation sites (tertiary alicyclic amines) is 1. The molecule has 2 fully saturated rings. The smallest absolute Gasteiger partial charge is 0.255 e. The molecule has 12 heteroatoms. The number of aryl methyl sites for hydroxylation is 2. The molecule has 8 rings (SSSR count). The lowest BCUT2D eigenvalue weighted by molar-refractivity contribution is -0.136. The monoisotopic (exact) mass is 729 g/mol. The first-order chi connectivity index (χ1) is 26.0. The molecule has 1 unspecified atom stereocenters. The van der Waals surface area contributed by atoms with Crippen LogP contribution in [0.4, 0.5) is 14.6 Å². The maximum Gasteiger partial charge on any atom is 0.255 e. The van der Waals surface area contributed by atoms with Crippen molar-refractivity contribution in [3.63, 3.8) is 0 Å². The van der Waals surface area contributed by atoms with Crippen LogP contribution in [-0.4, -0.2) is 61.6 Å². The van der Waals surface area contributed by atoms with Gasteiger partial charge in [0.2, 0.25) is 11.8 Å². The van der Waals surface area contributed by atoms with Crippen molar-refractivity contribution >= 4 is 34.4 Å². The van der Waals surface area contributed by atoms with Crippen molar-refractivity contribution in [3.8, 4) is 11.3 Å². The number of imide groups is 1. The van der Waals surface area contributed by atoms with Crippen molar-refractivity contribution in [2.24, 2.45) is 0 Å². The fraction of sp³-hybridized carbons (Fsp3) is 0.333. The SMILES string of the molecule is Cc1nc(N[C@H](C)c2cccc(C)c2F)c2cc(-c3ccc(F)c(CN4CCC(c5ccc6c(c5)CN(C5CCC(=O)NC5=O)C6=O)CC4)c3)ncc2n1. The minimum Gasteiger partial charge on any atom is -0.363 e.